The molecule has 0 heterocycles. The number of halogens is 1. The molecule has 2 N–H and O–H groups in total. The Hall–Kier alpha value is -1.36. The number of phenols is 1. The van der Waals surface area contributed by atoms with Gasteiger partial charge in [0.25, 0.3) is 0 Å². The van der Waals surface area contributed by atoms with Crippen molar-refractivity contribution in [2.24, 2.45) is 22.4 Å². The van der Waals surface area contributed by atoms with E-state index >= 15 is 0 Å². The molecular weight excluding hydrogens is 332 g/mol. The van der Waals surface area contributed by atoms with Gasteiger partial charge in [0, 0.05) is 16.0 Å². The molecule has 0 radical (unpaired) electrons. The standard InChI is InChI=1S/C16H19BrN2O2/c1-16-7-3-2-4-12(16)14(16)15(21)19-18-9-10-8-11(17)5-6-13(10)20/h5-6,8-9,12,14,20H,2-4,7H2,1H3,(H,19,21)/b18-9+. The van der Waals surface area contributed by atoms with Crippen LogP contribution in [0.25, 0.3) is 0 Å². The molecule has 5 heteroatoms. The number of carbonyl (C=O) groups is 1. The number of benzene rings is 1. The number of phenolic OH excluding ortho intramolecular Hbond substituents is 1. The zero-order chi connectivity index (χ0) is 15.0. The lowest BCUT2D eigenvalue weighted by Gasteiger charge is -2.15. The second-order valence-corrected chi connectivity index (χ2v) is 7.19. The monoisotopic (exact) mass is 350 g/mol. The number of amides is 1. The zero-order valence-corrected chi connectivity index (χ0v) is 13.6. The highest BCUT2D eigenvalue weighted by Gasteiger charge is 2.64. The Morgan fingerprint density at radius 1 is 1.52 bits per heavy atom. The zero-order valence-electron chi connectivity index (χ0n) is 12.0. The first kappa shape index (κ1) is 14.6. The van der Waals surface area contributed by atoms with Gasteiger partial charge >= 0.3 is 0 Å². The minimum absolute atomic E-state index is 0.00939. The molecule has 3 rings (SSSR count). The van der Waals surface area contributed by atoms with E-state index in [0.717, 1.165) is 17.3 Å². The SMILES string of the molecule is CC12CCCCC1C2C(=O)N/N=C/c1cc(Br)ccc1O. The molecule has 3 atom stereocenters. The number of fused-ring (bicyclic) bond motifs is 1. The van der Waals surface area contributed by atoms with E-state index in [4.69, 9.17) is 0 Å². The molecular formula is C16H19BrN2O2. The number of hydrazone groups is 1. The first-order valence-electron chi connectivity index (χ1n) is 7.34. The van der Waals surface area contributed by atoms with Crippen LogP contribution in [0.3, 0.4) is 0 Å². The molecule has 2 aliphatic carbocycles. The van der Waals surface area contributed by atoms with Crippen molar-refractivity contribution in [3.63, 3.8) is 0 Å². The van der Waals surface area contributed by atoms with Crippen molar-refractivity contribution in [1.29, 1.82) is 0 Å². The Labute approximate surface area is 132 Å². The number of hydrogen-bond acceptors (Lipinski definition) is 3. The molecule has 2 saturated carbocycles. The van der Waals surface area contributed by atoms with Crippen LogP contribution in [0.15, 0.2) is 27.8 Å². The first-order valence-corrected chi connectivity index (χ1v) is 8.13. The van der Waals surface area contributed by atoms with Crippen LogP contribution in [0.4, 0.5) is 0 Å². The van der Waals surface area contributed by atoms with E-state index in [2.05, 4.69) is 33.4 Å². The predicted octanol–water partition coefficient (Wildman–Crippen LogP) is 3.43. The quantitative estimate of drug-likeness (QED) is 0.647. The van der Waals surface area contributed by atoms with Crippen molar-refractivity contribution >= 4 is 28.1 Å². The summed E-state index contributed by atoms with van der Waals surface area (Å²) in [5, 5.41) is 13.7. The van der Waals surface area contributed by atoms with Gasteiger partial charge in [-0.1, -0.05) is 35.7 Å². The summed E-state index contributed by atoms with van der Waals surface area (Å²) in [6.45, 7) is 2.21. The van der Waals surface area contributed by atoms with Gasteiger partial charge in [-0.3, -0.25) is 4.79 Å². The van der Waals surface area contributed by atoms with Crippen LogP contribution in [-0.4, -0.2) is 17.2 Å². The summed E-state index contributed by atoms with van der Waals surface area (Å²) in [6, 6.07) is 5.09. The summed E-state index contributed by atoms with van der Waals surface area (Å²) in [4.78, 5) is 12.2. The highest BCUT2D eigenvalue weighted by Crippen LogP contribution is 2.66. The fraction of sp³-hybridized carbons (Fsp3) is 0.500. The number of carbonyl (C=O) groups excluding carboxylic acids is 1. The molecule has 1 aromatic rings. The number of rotatable bonds is 3. The van der Waals surface area contributed by atoms with Gasteiger partial charge in [-0.2, -0.15) is 5.10 Å². The molecule has 0 aromatic heterocycles. The van der Waals surface area contributed by atoms with Gasteiger partial charge in [0.1, 0.15) is 5.75 Å². The second-order valence-electron chi connectivity index (χ2n) is 6.27. The van der Waals surface area contributed by atoms with E-state index in [-0.39, 0.29) is 23.0 Å². The lowest BCUT2D eigenvalue weighted by molar-refractivity contribution is -0.123. The fourth-order valence-electron chi connectivity index (χ4n) is 3.71. The van der Waals surface area contributed by atoms with Crippen molar-refractivity contribution in [2.75, 3.05) is 0 Å². The minimum atomic E-state index is 0.00939. The topological polar surface area (TPSA) is 61.7 Å². The van der Waals surface area contributed by atoms with Crippen LogP contribution in [0.2, 0.25) is 0 Å². The summed E-state index contributed by atoms with van der Waals surface area (Å²) >= 11 is 3.34. The summed E-state index contributed by atoms with van der Waals surface area (Å²) in [5.41, 5.74) is 3.39. The van der Waals surface area contributed by atoms with Gasteiger partial charge in [-0.05, 0) is 42.4 Å². The number of nitrogens with zero attached hydrogens (tertiary/aromatic N) is 1. The largest absolute Gasteiger partial charge is 0.507 e. The third kappa shape index (κ3) is 2.71. The summed E-state index contributed by atoms with van der Waals surface area (Å²) < 4.78 is 0.855. The molecule has 112 valence electrons. The van der Waals surface area contributed by atoms with E-state index in [1.165, 1.54) is 19.1 Å². The molecule has 0 saturated heterocycles. The molecule has 21 heavy (non-hydrogen) atoms. The van der Waals surface area contributed by atoms with E-state index in [0.29, 0.717) is 11.5 Å². The van der Waals surface area contributed by atoms with Gasteiger partial charge < -0.3 is 5.11 Å². The van der Waals surface area contributed by atoms with Crippen LogP contribution < -0.4 is 5.43 Å². The maximum absolute atomic E-state index is 12.2. The average molecular weight is 351 g/mol. The smallest absolute Gasteiger partial charge is 0.244 e. The minimum Gasteiger partial charge on any atom is -0.507 e. The van der Waals surface area contributed by atoms with Gasteiger partial charge in [0.05, 0.1) is 6.21 Å². The van der Waals surface area contributed by atoms with Gasteiger partial charge in [-0.25, -0.2) is 5.43 Å². The van der Waals surface area contributed by atoms with Crippen LogP contribution in [-0.2, 0) is 4.79 Å². The number of nitrogens with one attached hydrogen (secondary N) is 1. The number of hydrogen-bond donors (Lipinski definition) is 2. The molecule has 2 aliphatic rings. The summed E-state index contributed by atoms with van der Waals surface area (Å²) in [6.07, 6.45) is 6.24. The third-order valence-corrected chi connectivity index (χ3v) is 5.48. The first-order chi connectivity index (χ1) is 10.0. The predicted molar refractivity (Wildman–Crippen MR) is 85.1 cm³/mol. The lowest BCUT2D eigenvalue weighted by atomic mass is 9.90. The van der Waals surface area contributed by atoms with Crippen molar-refractivity contribution in [1.82, 2.24) is 5.43 Å². The molecule has 0 bridgehead atoms. The Kier molecular flexibility index (Phi) is 3.78. The van der Waals surface area contributed by atoms with E-state index in [1.54, 1.807) is 18.2 Å². The molecule has 1 amide bonds. The highest BCUT2D eigenvalue weighted by molar-refractivity contribution is 9.10. The molecule has 0 aliphatic heterocycles. The van der Waals surface area contributed by atoms with Crippen molar-refractivity contribution < 1.29 is 9.90 Å². The normalized spacial score (nSPS) is 31.0. The Bertz CT molecular complexity index is 602. The molecule has 2 fully saturated rings. The Morgan fingerprint density at radius 3 is 3.05 bits per heavy atom. The van der Waals surface area contributed by atoms with Crippen LogP contribution in [0.1, 0.15) is 38.2 Å². The Morgan fingerprint density at radius 2 is 2.33 bits per heavy atom. The van der Waals surface area contributed by atoms with Crippen LogP contribution in [0.5, 0.6) is 5.75 Å². The second kappa shape index (κ2) is 5.44. The molecule has 0 spiro atoms. The van der Waals surface area contributed by atoms with Crippen LogP contribution >= 0.6 is 15.9 Å². The van der Waals surface area contributed by atoms with Gasteiger partial charge in [-0.15, -0.1) is 0 Å². The van der Waals surface area contributed by atoms with E-state index in [9.17, 15) is 9.90 Å². The van der Waals surface area contributed by atoms with Gasteiger partial charge in [0.2, 0.25) is 5.91 Å². The van der Waals surface area contributed by atoms with Crippen LogP contribution in [0, 0.1) is 17.3 Å². The van der Waals surface area contributed by atoms with Gasteiger partial charge in [0.15, 0.2) is 0 Å². The van der Waals surface area contributed by atoms with Crippen molar-refractivity contribution in [3.05, 3.63) is 28.2 Å². The molecule has 4 nitrogen and oxygen atoms in total. The average Bonchev–Trinajstić information content (AvgIpc) is 3.08. The fourth-order valence-corrected chi connectivity index (χ4v) is 4.09. The molecule has 3 unspecified atom stereocenters. The Balaban J connectivity index is 1.62. The van der Waals surface area contributed by atoms with E-state index in [1.807, 2.05) is 0 Å². The van der Waals surface area contributed by atoms with E-state index < -0.39 is 0 Å². The molecule has 1 aromatic carbocycles. The lowest BCUT2D eigenvalue weighted by Crippen LogP contribution is -2.22. The number of aromatic hydroxyl groups is 1. The van der Waals surface area contributed by atoms with Crippen molar-refractivity contribution in [3.8, 4) is 5.75 Å². The van der Waals surface area contributed by atoms with Crippen molar-refractivity contribution in [2.45, 2.75) is 32.6 Å². The maximum atomic E-state index is 12.2. The summed E-state index contributed by atoms with van der Waals surface area (Å²) in [7, 11) is 0. The highest BCUT2D eigenvalue weighted by atomic mass is 79.9. The maximum Gasteiger partial charge on any atom is 0.244 e. The summed E-state index contributed by atoms with van der Waals surface area (Å²) in [5.74, 6) is 0.785. The third-order valence-electron chi connectivity index (χ3n) is 4.98.